The molecule has 4 N–H and O–H groups in total. The average Bonchev–Trinajstić information content (AvgIpc) is 2.21. The van der Waals surface area contributed by atoms with Crippen LogP contribution in [0.1, 0.15) is 18.4 Å². The summed E-state index contributed by atoms with van der Waals surface area (Å²) < 4.78 is 0. The summed E-state index contributed by atoms with van der Waals surface area (Å²) in [6.07, 6.45) is 2.09. The number of nitrogens with one attached hydrogen (secondary N) is 2. The minimum atomic E-state index is -0.744. The van der Waals surface area contributed by atoms with E-state index < -0.39 is 17.4 Å². The monoisotopic (exact) mass is 214 g/mol. The maximum absolute atomic E-state index is 11.2. The first-order valence-corrected chi connectivity index (χ1v) is 4.73. The summed E-state index contributed by atoms with van der Waals surface area (Å²) in [5.41, 5.74) is -0.462. The lowest BCUT2D eigenvalue weighted by Crippen LogP contribution is -2.24. The Balaban J connectivity index is 2.51. The van der Waals surface area contributed by atoms with Crippen molar-refractivity contribution in [3.8, 4) is 0 Å². The summed E-state index contributed by atoms with van der Waals surface area (Å²) >= 11 is 0. The van der Waals surface area contributed by atoms with Crippen LogP contribution in [0.5, 0.6) is 0 Å². The van der Waals surface area contributed by atoms with Crippen molar-refractivity contribution in [1.29, 1.82) is 0 Å². The molecule has 0 aliphatic rings. The number of aliphatic hydroxyl groups excluding tert-OH is 2. The molecule has 6 nitrogen and oxygen atoms in total. The molecule has 0 fully saturated rings. The molecule has 0 bridgehead atoms. The van der Waals surface area contributed by atoms with E-state index in [2.05, 4.69) is 9.97 Å². The van der Waals surface area contributed by atoms with Gasteiger partial charge in [0, 0.05) is 11.8 Å². The Labute approximate surface area is 85.6 Å². The predicted molar refractivity (Wildman–Crippen MR) is 53.7 cm³/mol. The lowest BCUT2D eigenvalue weighted by Gasteiger charge is -2.05. The molecule has 0 saturated carbocycles. The highest BCUT2D eigenvalue weighted by atomic mass is 16.3. The van der Waals surface area contributed by atoms with Gasteiger partial charge in [0.1, 0.15) is 0 Å². The lowest BCUT2D eigenvalue weighted by atomic mass is 10.1. The van der Waals surface area contributed by atoms with Gasteiger partial charge in [0.05, 0.1) is 12.7 Å². The Morgan fingerprint density at radius 2 is 2.13 bits per heavy atom. The number of hydrogen-bond donors (Lipinski definition) is 4. The van der Waals surface area contributed by atoms with Crippen LogP contribution in [0, 0.1) is 0 Å². The fraction of sp³-hybridized carbons (Fsp3) is 0.556. The molecule has 1 heterocycles. The van der Waals surface area contributed by atoms with E-state index in [1.165, 1.54) is 6.20 Å². The van der Waals surface area contributed by atoms with E-state index in [9.17, 15) is 9.59 Å². The van der Waals surface area contributed by atoms with Gasteiger partial charge in [-0.15, -0.1) is 0 Å². The first-order valence-electron chi connectivity index (χ1n) is 4.73. The zero-order valence-electron chi connectivity index (χ0n) is 8.19. The Morgan fingerprint density at radius 1 is 1.40 bits per heavy atom. The minimum Gasteiger partial charge on any atom is -0.394 e. The van der Waals surface area contributed by atoms with Crippen molar-refractivity contribution in [1.82, 2.24) is 9.97 Å². The van der Waals surface area contributed by atoms with Gasteiger partial charge >= 0.3 is 5.69 Å². The van der Waals surface area contributed by atoms with E-state index >= 15 is 0 Å². The maximum atomic E-state index is 11.2. The van der Waals surface area contributed by atoms with Gasteiger partial charge in [0.25, 0.3) is 5.56 Å². The Kier molecular flexibility index (Phi) is 4.26. The number of aryl methyl sites for hydroxylation is 1. The number of rotatable bonds is 5. The molecule has 0 aliphatic heterocycles. The van der Waals surface area contributed by atoms with Crippen LogP contribution in [-0.4, -0.2) is 32.9 Å². The molecule has 0 aliphatic carbocycles. The van der Waals surface area contributed by atoms with Crippen LogP contribution in [0.3, 0.4) is 0 Å². The van der Waals surface area contributed by atoms with Crippen molar-refractivity contribution in [2.24, 2.45) is 0 Å². The molecule has 15 heavy (non-hydrogen) atoms. The largest absolute Gasteiger partial charge is 0.394 e. The average molecular weight is 214 g/mol. The summed E-state index contributed by atoms with van der Waals surface area (Å²) in [4.78, 5) is 26.4. The molecule has 0 spiro atoms. The summed E-state index contributed by atoms with van der Waals surface area (Å²) in [6, 6.07) is 0. The van der Waals surface area contributed by atoms with Crippen LogP contribution in [0.25, 0.3) is 0 Å². The molecule has 0 amide bonds. The number of aliphatic hydroxyl groups is 2. The van der Waals surface area contributed by atoms with Gasteiger partial charge < -0.3 is 15.2 Å². The number of aromatic amines is 2. The topological polar surface area (TPSA) is 106 Å². The van der Waals surface area contributed by atoms with Crippen LogP contribution in [-0.2, 0) is 6.42 Å². The first kappa shape index (κ1) is 11.7. The van der Waals surface area contributed by atoms with Crippen LogP contribution in [0.2, 0.25) is 0 Å². The van der Waals surface area contributed by atoms with Gasteiger partial charge in [-0.2, -0.15) is 0 Å². The third kappa shape index (κ3) is 3.69. The standard InChI is InChI=1S/C9H14N2O4/c12-5-7(13)3-1-2-6-4-10-9(15)11-8(6)14/h4,7,12-13H,1-3,5H2,(H2,10,11,14,15). The van der Waals surface area contributed by atoms with Gasteiger partial charge in [-0.3, -0.25) is 9.78 Å². The van der Waals surface area contributed by atoms with E-state index in [0.29, 0.717) is 24.8 Å². The van der Waals surface area contributed by atoms with E-state index in [1.54, 1.807) is 0 Å². The molecule has 0 saturated heterocycles. The molecule has 1 aromatic rings. The first-order chi connectivity index (χ1) is 7.13. The van der Waals surface area contributed by atoms with Crippen LogP contribution in [0.4, 0.5) is 0 Å². The van der Waals surface area contributed by atoms with E-state index in [1.807, 2.05) is 0 Å². The molecular formula is C9H14N2O4. The third-order valence-electron chi connectivity index (χ3n) is 2.09. The van der Waals surface area contributed by atoms with E-state index in [4.69, 9.17) is 10.2 Å². The Hall–Kier alpha value is -1.40. The molecule has 0 aromatic carbocycles. The van der Waals surface area contributed by atoms with Gasteiger partial charge in [-0.05, 0) is 19.3 Å². The Bertz CT molecular complexity index is 409. The third-order valence-corrected chi connectivity index (χ3v) is 2.09. The normalized spacial score (nSPS) is 12.7. The molecule has 1 unspecified atom stereocenters. The van der Waals surface area contributed by atoms with Crippen molar-refractivity contribution < 1.29 is 10.2 Å². The van der Waals surface area contributed by atoms with Gasteiger partial charge in [-0.25, -0.2) is 4.79 Å². The second kappa shape index (κ2) is 5.47. The molecule has 0 radical (unpaired) electrons. The quantitative estimate of drug-likeness (QED) is 0.490. The van der Waals surface area contributed by atoms with Crippen LogP contribution >= 0.6 is 0 Å². The van der Waals surface area contributed by atoms with Crippen molar-refractivity contribution in [3.63, 3.8) is 0 Å². The molecule has 1 aromatic heterocycles. The van der Waals surface area contributed by atoms with E-state index in [-0.39, 0.29) is 6.61 Å². The fourth-order valence-electron chi connectivity index (χ4n) is 1.24. The molecule has 6 heteroatoms. The summed E-state index contributed by atoms with van der Waals surface area (Å²) in [5.74, 6) is 0. The number of H-pyrrole nitrogens is 2. The van der Waals surface area contributed by atoms with Crippen molar-refractivity contribution >= 4 is 0 Å². The summed E-state index contributed by atoms with van der Waals surface area (Å²) in [7, 11) is 0. The molecular weight excluding hydrogens is 200 g/mol. The van der Waals surface area contributed by atoms with Crippen molar-refractivity contribution in [2.75, 3.05) is 6.61 Å². The van der Waals surface area contributed by atoms with Gasteiger partial charge in [0.2, 0.25) is 0 Å². The minimum absolute atomic E-state index is 0.276. The molecule has 84 valence electrons. The molecule has 1 atom stereocenters. The van der Waals surface area contributed by atoms with E-state index in [0.717, 1.165) is 0 Å². The second-order valence-electron chi connectivity index (χ2n) is 3.33. The zero-order chi connectivity index (χ0) is 11.3. The summed E-state index contributed by atoms with van der Waals surface area (Å²) in [5, 5.41) is 17.6. The lowest BCUT2D eigenvalue weighted by molar-refractivity contribution is 0.0867. The highest BCUT2D eigenvalue weighted by Gasteiger charge is 2.04. The van der Waals surface area contributed by atoms with Crippen LogP contribution in [0.15, 0.2) is 15.8 Å². The molecule has 1 rings (SSSR count). The van der Waals surface area contributed by atoms with Gasteiger partial charge in [0.15, 0.2) is 0 Å². The van der Waals surface area contributed by atoms with Crippen LogP contribution < -0.4 is 11.2 Å². The zero-order valence-corrected chi connectivity index (χ0v) is 8.19. The highest BCUT2D eigenvalue weighted by Crippen LogP contribution is 2.01. The van der Waals surface area contributed by atoms with Crippen molar-refractivity contribution in [2.45, 2.75) is 25.4 Å². The summed E-state index contributed by atoms with van der Waals surface area (Å²) in [6.45, 7) is -0.276. The number of hydrogen-bond acceptors (Lipinski definition) is 4. The SMILES string of the molecule is O=c1[nH]cc(CCCC(O)CO)c(=O)[nH]1. The fourth-order valence-corrected chi connectivity index (χ4v) is 1.24. The maximum Gasteiger partial charge on any atom is 0.325 e. The highest BCUT2D eigenvalue weighted by molar-refractivity contribution is 5.02. The van der Waals surface area contributed by atoms with Crippen molar-refractivity contribution in [3.05, 3.63) is 32.6 Å². The predicted octanol–water partition coefficient (Wildman–Crippen LogP) is -1.26. The Morgan fingerprint density at radius 3 is 2.73 bits per heavy atom. The number of aromatic nitrogens is 2. The second-order valence-corrected chi connectivity index (χ2v) is 3.33. The smallest absolute Gasteiger partial charge is 0.325 e. The van der Waals surface area contributed by atoms with Gasteiger partial charge in [-0.1, -0.05) is 0 Å².